The minimum Gasteiger partial charge on any atom is -0.478 e. The number of nitro groups is 1. The lowest BCUT2D eigenvalue weighted by molar-refractivity contribution is -0.384. The van der Waals surface area contributed by atoms with Gasteiger partial charge in [-0.15, -0.1) is 0 Å². The third-order valence-corrected chi connectivity index (χ3v) is 3.65. The Morgan fingerprint density at radius 3 is 2.67 bits per heavy atom. The number of carboxylic acid groups (broad SMARTS) is 1. The van der Waals surface area contributed by atoms with Gasteiger partial charge in [-0.05, 0) is 32.0 Å². The van der Waals surface area contributed by atoms with Crippen molar-refractivity contribution in [3.8, 4) is 0 Å². The SMILES string of the molecule is O=C(O)c1cccc([N+](=O)[O-])c1NCCN1CCCCC1. The second-order valence-electron chi connectivity index (χ2n) is 5.09. The molecule has 2 N–H and O–H groups in total. The fourth-order valence-electron chi connectivity index (χ4n) is 2.58. The van der Waals surface area contributed by atoms with E-state index in [4.69, 9.17) is 5.11 Å². The topological polar surface area (TPSA) is 95.7 Å². The maximum Gasteiger partial charge on any atom is 0.338 e. The zero-order valence-corrected chi connectivity index (χ0v) is 11.7. The van der Waals surface area contributed by atoms with Crippen molar-refractivity contribution in [1.29, 1.82) is 0 Å². The van der Waals surface area contributed by atoms with Crippen LogP contribution in [0, 0.1) is 10.1 Å². The van der Waals surface area contributed by atoms with Gasteiger partial charge in [0, 0.05) is 19.2 Å². The van der Waals surface area contributed by atoms with Crippen LogP contribution in [0.25, 0.3) is 0 Å². The molecule has 1 fully saturated rings. The number of nitrogens with zero attached hydrogens (tertiary/aromatic N) is 2. The van der Waals surface area contributed by atoms with Crippen molar-refractivity contribution in [1.82, 2.24) is 4.90 Å². The Labute approximate surface area is 122 Å². The first-order valence-corrected chi connectivity index (χ1v) is 7.06. The van der Waals surface area contributed by atoms with Gasteiger partial charge in [-0.2, -0.15) is 0 Å². The lowest BCUT2D eigenvalue weighted by Gasteiger charge is -2.26. The minimum atomic E-state index is -1.17. The highest BCUT2D eigenvalue weighted by atomic mass is 16.6. The van der Waals surface area contributed by atoms with Gasteiger partial charge in [-0.1, -0.05) is 12.5 Å². The molecule has 21 heavy (non-hydrogen) atoms. The van der Waals surface area contributed by atoms with Gasteiger partial charge in [-0.25, -0.2) is 4.79 Å². The van der Waals surface area contributed by atoms with Crippen molar-refractivity contribution in [2.24, 2.45) is 0 Å². The quantitative estimate of drug-likeness (QED) is 0.616. The Morgan fingerprint density at radius 1 is 1.33 bits per heavy atom. The number of hydrogen-bond acceptors (Lipinski definition) is 5. The molecule has 1 aromatic rings. The number of nitrogens with one attached hydrogen (secondary N) is 1. The van der Waals surface area contributed by atoms with Crippen LogP contribution in [0.5, 0.6) is 0 Å². The molecule has 2 rings (SSSR count). The second kappa shape index (κ2) is 7.03. The van der Waals surface area contributed by atoms with Gasteiger partial charge in [0.25, 0.3) is 5.69 Å². The number of rotatable bonds is 6. The lowest BCUT2D eigenvalue weighted by atomic mass is 10.1. The predicted molar refractivity (Wildman–Crippen MR) is 78.8 cm³/mol. The summed E-state index contributed by atoms with van der Waals surface area (Å²) < 4.78 is 0. The summed E-state index contributed by atoms with van der Waals surface area (Å²) in [7, 11) is 0. The van der Waals surface area contributed by atoms with E-state index in [1.165, 1.54) is 37.5 Å². The van der Waals surface area contributed by atoms with Crippen LogP contribution in [0.2, 0.25) is 0 Å². The number of carbonyl (C=O) groups is 1. The van der Waals surface area contributed by atoms with Gasteiger partial charge in [0.1, 0.15) is 5.69 Å². The number of aromatic carboxylic acids is 1. The summed E-state index contributed by atoms with van der Waals surface area (Å²) in [6.45, 7) is 3.31. The van der Waals surface area contributed by atoms with E-state index in [1.807, 2.05) is 0 Å². The van der Waals surface area contributed by atoms with Gasteiger partial charge >= 0.3 is 5.97 Å². The average molecular weight is 293 g/mol. The number of para-hydroxylation sites is 1. The van der Waals surface area contributed by atoms with Crippen molar-refractivity contribution in [3.05, 3.63) is 33.9 Å². The molecule has 1 aliphatic rings. The first kappa shape index (κ1) is 15.2. The minimum absolute atomic E-state index is 0.0668. The summed E-state index contributed by atoms with van der Waals surface area (Å²) in [5.41, 5.74) is -0.177. The van der Waals surface area contributed by atoms with Crippen molar-refractivity contribution in [2.45, 2.75) is 19.3 Å². The summed E-state index contributed by atoms with van der Waals surface area (Å²) >= 11 is 0. The lowest BCUT2D eigenvalue weighted by Crippen LogP contribution is -2.33. The molecule has 1 aliphatic heterocycles. The molecule has 0 aromatic heterocycles. The van der Waals surface area contributed by atoms with Crippen LogP contribution in [-0.4, -0.2) is 47.1 Å². The van der Waals surface area contributed by atoms with E-state index in [2.05, 4.69) is 10.2 Å². The van der Waals surface area contributed by atoms with Crippen LogP contribution < -0.4 is 5.32 Å². The maximum absolute atomic E-state index is 11.2. The molecular formula is C14H19N3O4. The first-order chi connectivity index (χ1) is 10.1. The fraction of sp³-hybridized carbons (Fsp3) is 0.500. The van der Waals surface area contributed by atoms with Crippen molar-refractivity contribution < 1.29 is 14.8 Å². The Morgan fingerprint density at radius 2 is 2.05 bits per heavy atom. The predicted octanol–water partition coefficient (Wildman–Crippen LogP) is 2.19. The number of anilines is 1. The molecule has 0 amide bonds. The molecule has 0 unspecified atom stereocenters. The molecule has 0 spiro atoms. The number of hydrogen-bond donors (Lipinski definition) is 2. The number of benzene rings is 1. The number of carboxylic acids is 1. The van der Waals surface area contributed by atoms with E-state index >= 15 is 0 Å². The Kier molecular flexibility index (Phi) is 5.10. The molecule has 1 aromatic carbocycles. The summed E-state index contributed by atoms with van der Waals surface area (Å²) in [6.07, 6.45) is 3.59. The van der Waals surface area contributed by atoms with E-state index in [-0.39, 0.29) is 16.9 Å². The summed E-state index contributed by atoms with van der Waals surface area (Å²) in [5.74, 6) is -1.17. The molecular weight excluding hydrogens is 274 g/mol. The van der Waals surface area contributed by atoms with Crippen molar-refractivity contribution in [3.63, 3.8) is 0 Å². The monoisotopic (exact) mass is 293 g/mol. The van der Waals surface area contributed by atoms with Gasteiger partial charge < -0.3 is 15.3 Å². The number of piperidine rings is 1. The molecule has 0 atom stereocenters. The molecule has 7 nitrogen and oxygen atoms in total. The zero-order valence-electron chi connectivity index (χ0n) is 11.7. The van der Waals surface area contributed by atoms with Crippen molar-refractivity contribution in [2.75, 3.05) is 31.5 Å². The summed E-state index contributed by atoms with van der Waals surface area (Å²) in [6, 6.07) is 4.08. The number of nitro benzene ring substituents is 1. The Hall–Kier alpha value is -2.15. The van der Waals surface area contributed by atoms with Gasteiger partial charge in [-0.3, -0.25) is 10.1 Å². The molecule has 0 aliphatic carbocycles. The average Bonchev–Trinajstić information content (AvgIpc) is 2.48. The molecule has 0 radical (unpaired) electrons. The van der Waals surface area contributed by atoms with E-state index in [0.29, 0.717) is 6.54 Å². The van der Waals surface area contributed by atoms with E-state index in [0.717, 1.165) is 19.6 Å². The fourth-order valence-corrected chi connectivity index (χ4v) is 2.58. The smallest absolute Gasteiger partial charge is 0.338 e. The molecule has 1 heterocycles. The molecule has 0 saturated carbocycles. The highest BCUT2D eigenvalue weighted by Gasteiger charge is 2.21. The Bertz CT molecular complexity index is 495. The molecule has 114 valence electrons. The number of likely N-dealkylation sites (tertiary alicyclic amines) is 1. The second-order valence-corrected chi connectivity index (χ2v) is 5.09. The third kappa shape index (κ3) is 3.91. The zero-order chi connectivity index (χ0) is 15.2. The Balaban J connectivity index is 2.06. The van der Waals surface area contributed by atoms with E-state index < -0.39 is 10.9 Å². The first-order valence-electron chi connectivity index (χ1n) is 7.06. The van der Waals surface area contributed by atoms with Gasteiger partial charge in [0.2, 0.25) is 0 Å². The van der Waals surface area contributed by atoms with Crippen LogP contribution in [0.3, 0.4) is 0 Å². The highest BCUT2D eigenvalue weighted by Crippen LogP contribution is 2.28. The maximum atomic E-state index is 11.2. The largest absolute Gasteiger partial charge is 0.478 e. The van der Waals surface area contributed by atoms with Gasteiger partial charge in [0.05, 0.1) is 10.5 Å². The van der Waals surface area contributed by atoms with Crippen molar-refractivity contribution >= 4 is 17.3 Å². The van der Waals surface area contributed by atoms with E-state index in [9.17, 15) is 14.9 Å². The highest BCUT2D eigenvalue weighted by molar-refractivity contribution is 5.96. The molecule has 0 bridgehead atoms. The van der Waals surface area contributed by atoms with Crippen LogP contribution >= 0.6 is 0 Å². The van der Waals surface area contributed by atoms with Crippen LogP contribution in [-0.2, 0) is 0 Å². The van der Waals surface area contributed by atoms with E-state index in [1.54, 1.807) is 0 Å². The van der Waals surface area contributed by atoms with Crippen LogP contribution in [0.4, 0.5) is 11.4 Å². The van der Waals surface area contributed by atoms with Crippen LogP contribution in [0.15, 0.2) is 18.2 Å². The third-order valence-electron chi connectivity index (χ3n) is 3.65. The molecule has 7 heteroatoms. The summed E-state index contributed by atoms with van der Waals surface area (Å²) in [4.78, 5) is 23.9. The van der Waals surface area contributed by atoms with Gasteiger partial charge in [0.15, 0.2) is 0 Å². The summed E-state index contributed by atoms with van der Waals surface area (Å²) in [5, 5.41) is 23.1. The standard InChI is InChI=1S/C14H19N3O4/c18-14(19)11-5-4-6-12(17(20)21)13(11)15-7-10-16-8-2-1-3-9-16/h4-6,15H,1-3,7-10H2,(H,18,19). The molecule has 1 saturated heterocycles. The normalized spacial score (nSPS) is 15.6. The van der Waals surface area contributed by atoms with Crippen LogP contribution in [0.1, 0.15) is 29.6 Å².